The summed E-state index contributed by atoms with van der Waals surface area (Å²) < 4.78 is 30.0. The van der Waals surface area contributed by atoms with Crippen molar-refractivity contribution >= 4 is 21.1 Å². The molecule has 3 rings (SSSR count). The Hall–Kier alpha value is -1.64. The van der Waals surface area contributed by atoms with Gasteiger partial charge in [-0.15, -0.1) is 0 Å². The zero-order valence-electron chi connectivity index (χ0n) is 13.0. The molecule has 1 aliphatic rings. The first-order valence-electron chi connectivity index (χ1n) is 7.16. The fraction of sp³-hybridized carbons (Fsp3) is 0.500. The van der Waals surface area contributed by atoms with E-state index in [-0.39, 0.29) is 10.6 Å². The number of fused-ring (bicyclic) bond motifs is 1. The Balaban J connectivity index is 2.06. The summed E-state index contributed by atoms with van der Waals surface area (Å²) in [6.45, 7) is 2.44. The minimum atomic E-state index is -3.52. The Kier molecular flexibility index (Phi) is 3.62. The smallest absolute Gasteiger partial charge is 0.304 e. The molecular formula is C14H20N4O3S. The van der Waals surface area contributed by atoms with Crippen molar-refractivity contribution in [1.29, 1.82) is 0 Å². The van der Waals surface area contributed by atoms with Gasteiger partial charge in [-0.3, -0.25) is 9.13 Å². The predicted octanol–water partition coefficient (Wildman–Crippen LogP) is -0.187. The zero-order valence-corrected chi connectivity index (χ0v) is 13.8. The second-order valence-electron chi connectivity index (χ2n) is 5.76. The largest absolute Gasteiger partial charge is 0.328 e. The van der Waals surface area contributed by atoms with Crippen LogP contribution in [0, 0.1) is 0 Å². The third-order valence-corrected chi connectivity index (χ3v) is 6.24. The van der Waals surface area contributed by atoms with Gasteiger partial charge < -0.3 is 4.90 Å². The molecule has 2 aromatic rings. The summed E-state index contributed by atoms with van der Waals surface area (Å²) in [5, 5.41) is 0. The van der Waals surface area contributed by atoms with Gasteiger partial charge in [-0.1, -0.05) is 0 Å². The quantitative estimate of drug-likeness (QED) is 0.768. The van der Waals surface area contributed by atoms with E-state index in [4.69, 9.17) is 0 Å². The summed E-state index contributed by atoms with van der Waals surface area (Å²) in [4.78, 5) is 14.3. The number of piperazine rings is 1. The first-order valence-corrected chi connectivity index (χ1v) is 8.60. The van der Waals surface area contributed by atoms with Crippen molar-refractivity contribution in [1.82, 2.24) is 18.3 Å². The van der Waals surface area contributed by atoms with Crippen molar-refractivity contribution in [3.05, 3.63) is 28.7 Å². The SMILES string of the molecule is CN1CCN(S(=O)(=O)c2ccc3c(c2)n(C)c(=O)n3C)CC1. The molecule has 8 heteroatoms. The van der Waals surface area contributed by atoms with Crippen LogP contribution in [-0.4, -0.2) is 60.0 Å². The zero-order chi connectivity index (χ0) is 16.1. The number of rotatable bonds is 2. The van der Waals surface area contributed by atoms with E-state index in [0.29, 0.717) is 18.6 Å². The van der Waals surface area contributed by atoms with Gasteiger partial charge in [0.2, 0.25) is 10.0 Å². The maximum Gasteiger partial charge on any atom is 0.328 e. The topological polar surface area (TPSA) is 67.6 Å². The van der Waals surface area contributed by atoms with Crippen molar-refractivity contribution in [3.63, 3.8) is 0 Å². The van der Waals surface area contributed by atoms with Gasteiger partial charge in [0.15, 0.2) is 0 Å². The van der Waals surface area contributed by atoms with Crippen LogP contribution in [0.3, 0.4) is 0 Å². The number of sulfonamides is 1. The van der Waals surface area contributed by atoms with Gasteiger partial charge in [0.25, 0.3) is 0 Å². The van der Waals surface area contributed by atoms with E-state index in [1.165, 1.54) is 13.4 Å². The lowest BCUT2D eigenvalue weighted by molar-refractivity contribution is 0.222. The lowest BCUT2D eigenvalue weighted by Crippen LogP contribution is -2.47. The van der Waals surface area contributed by atoms with Crippen LogP contribution >= 0.6 is 0 Å². The van der Waals surface area contributed by atoms with E-state index in [0.717, 1.165) is 18.6 Å². The monoisotopic (exact) mass is 324 g/mol. The van der Waals surface area contributed by atoms with Gasteiger partial charge in [-0.05, 0) is 25.2 Å². The number of hydrogen-bond acceptors (Lipinski definition) is 4. The average molecular weight is 324 g/mol. The number of nitrogens with zero attached hydrogens (tertiary/aromatic N) is 4. The number of aryl methyl sites for hydroxylation is 2. The van der Waals surface area contributed by atoms with Crippen LogP contribution in [0.4, 0.5) is 0 Å². The van der Waals surface area contributed by atoms with E-state index in [2.05, 4.69) is 4.90 Å². The highest BCUT2D eigenvalue weighted by molar-refractivity contribution is 7.89. The van der Waals surface area contributed by atoms with Gasteiger partial charge >= 0.3 is 5.69 Å². The Bertz CT molecular complexity index is 873. The fourth-order valence-electron chi connectivity index (χ4n) is 2.82. The summed E-state index contributed by atoms with van der Waals surface area (Å²) in [5.41, 5.74) is 1.19. The molecule has 1 fully saturated rings. The number of hydrogen-bond donors (Lipinski definition) is 0. The van der Waals surface area contributed by atoms with Gasteiger partial charge in [-0.25, -0.2) is 13.2 Å². The maximum atomic E-state index is 12.8. The Morgan fingerprint density at radius 2 is 1.50 bits per heavy atom. The molecule has 0 aliphatic carbocycles. The van der Waals surface area contributed by atoms with E-state index in [1.54, 1.807) is 32.3 Å². The lowest BCUT2D eigenvalue weighted by Gasteiger charge is -2.31. The molecule has 0 unspecified atom stereocenters. The highest BCUT2D eigenvalue weighted by Crippen LogP contribution is 2.21. The highest BCUT2D eigenvalue weighted by atomic mass is 32.2. The molecule has 1 aromatic heterocycles. The normalized spacial score (nSPS) is 18.1. The molecule has 2 heterocycles. The van der Waals surface area contributed by atoms with Crippen LogP contribution in [0.2, 0.25) is 0 Å². The van der Waals surface area contributed by atoms with Crippen LogP contribution in [0.15, 0.2) is 27.9 Å². The summed E-state index contributed by atoms with van der Waals surface area (Å²) in [5.74, 6) is 0. The molecule has 22 heavy (non-hydrogen) atoms. The molecule has 0 atom stereocenters. The molecule has 0 amide bonds. The standard InChI is InChI=1S/C14H20N4O3S/c1-15-6-8-18(9-7-15)22(20,21)11-4-5-12-13(10-11)17(3)14(19)16(12)2/h4-5,10H,6-9H2,1-3H3. The fourth-order valence-corrected chi connectivity index (χ4v) is 4.27. The molecule has 1 aliphatic heterocycles. The Morgan fingerprint density at radius 1 is 0.909 bits per heavy atom. The van der Waals surface area contributed by atoms with E-state index >= 15 is 0 Å². The minimum absolute atomic E-state index is 0.163. The summed E-state index contributed by atoms with van der Waals surface area (Å²) >= 11 is 0. The van der Waals surface area contributed by atoms with Crippen molar-refractivity contribution in [3.8, 4) is 0 Å². The summed E-state index contributed by atoms with van der Waals surface area (Å²) in [6.07, 6.45) is 0. The van der Waals surface area contributed by atoms with Crippen LogP contribution in [0.25, 0.3) is 11.0 Å². The van der Waals surface area contributed by atoms with Crippen molar-refractivity contribution in [2.45, 2.75) is 4.90 Å². The van der Waals surface area contributed by atoms with Crippen LogP contribution in [0.1, 0.15) is 0 Å². The van der Waals surface area contributed by atoms with Crippen LogP contribution < -0.4 is 5.69 Å². The third kappa shape index (κ3) is 2.27. The Morgan fingerprint density at radius 3 is 2.14 bits per heavy atom. The van der Waals surface area contributed by atoms with Crippen LogP contribution in [-0.2, 0) is 24.1 Å². The molecular weight excluding hydrogens is 304 g/mol. The number of aromatic nitrogens is 2. The molecule has 120 valence electrons. The predicted molar refractivity (Wildman–Crippen MR) is 84.4 cm³/mol. The first kappa shape index (κ1) is 15.3. The molecule has 0 N–H and O–H groups in total. The van der Waals surface area contributed by atoms with Gasteiger partial charge in [-0.2, -0.15) is 4.31 Å². The van der Waals surface area contributed by atoms with Crippen molar-refractivity contribution in [2.24, 2.45) is 14.1 Å². The second kappa shape index (κ2) is 5.22. The van der Waals surface area contributed by atoms with E-state index in [1.807, 2.05) is 7.05 Å². The van der Waals surface area contributed by atoms with Gasteiger partial charge in [0.05, 0.1) is 15.9 Å². The number of benzene rings is 1. The minimum Gasteiger partial charge on any atom is -0.304 e. The lowest BCUT2D eigenvalue weighted by atomic mass is 10.3. The molecule has 1 aromatic carbocycles. The van der Waals surface area contributed by atoms with Crippen molar-refractivity contribution in [2.75, 3.05) is 33.2 Å². The second-order valence-corrected chi connectivity index (χ2v) is 7.70. The molecule has 0 saturated carbocycles. The van der Waals surface area contributed by atoms with Gasteiger partial charge in [0.1, 0.15) is 0 Å². The van der Waals surface area contributed by atoms with Crippen molar-refractivity contribution < 1.29 is 8.42 Å². The molecule has 0 spiro atoms. The van der Waals surface area contributed by atoms with Gasteiger partial charge in [0, 0.05) is 40.3 Å². The average Bonchev–Trinajstić information content (AvgIpc) is 2.72. The van der Waals surface area contributed by atoms with E-state index in [9.17, 15) is 13.2 Å². The molecule has 0 bridgehead atoms. The highest BCUT2D eigenvalue weighted by Gasteiger charge is 2.28. The first-order chi connectivity index (χ1) is 10.3. The molecule has 7 nitrogen and oxygen atoms in total. The van der Waals surface area contributed by atoms with E-state index < -0.39 is 10.0 Å². The number of imidazole rings is 1. The van der Waals surface area contributed by atoms with Crippen LogP contribution in [0.5, 0.6) is 0 Å². The maximum absolute atomic E-state index is 12.8. The number of likely N-dealkylation sites (N-methyl/N-ethyl adjacent to an activating group) is 1. The molecule has 1 saturated heterocycles. The summed E-state index contributed by atoms with van der Waals surface area (Å²) in [6, 6.07) is 4.86. The molecule has 0 radical (unpaired) electrons. The Labute approximate surface area is 129 Å². The summed E-state index contributed by atoms with van der Waals surface area (Å²) in [7, 11) is 1.80. The third-order valence-electron chi connectivity index (χ3n) is 4.34.